The summed E-state index contributed by atoms with van der Waals surface area (Å²) < 4.78 is 6.11. The molecule has 0 radical (unpaired) electrons. The zero-order valence-corrected chi connectivity index (χ0v) is 10.2. The van der Waals surface area contributed by atoms with Crippen molar-refractivity contribution < 1.29 is 14.6 Å². The smallest absolute Gasteiger partial charge is 0.306 e. The normalized spacial score (nSPS) is 12.2. The van der Waals surface area contributed by atoms with Crippen molar-refractivity contribution in [3.8, 4) is 5.75 Å². The lowest BCUT2D eigenvalue weighted by Crippen LogP contribution is -2.12. The molecule has 1 atom stereocenters. The summed E-state index contributed by atoms with van der Waals surface area (Å²) in [5.74, 6) is -0.475. The Bertz CT molecular complexity index is 363. The molecule has 3 nitrogen and oxygen atoms in total. The zero-order valence-electron chi connectivity index (χ0n) is 8.66. The molecule has 0 amide bonds. The topological polar surface area (TPSA) is 46.5 Å². The lowest BCUT2D eigenvalue weighted by atomic mass is 10.0. The highest BCUT2D eigenvalue weighted by Crippen LogP contribution is 2.25. The van der Waals surface area contributed by atoms with Gasteiger partial charge in [0.25, 0.3) is 0 Å². The molecule has 0 saturated carbocycles. The summed E-state index contributed by atoms with van der Waals surface area (Å²) in [6.07, 6.45) is 0.478. The molecule has 1 rings (SSSR count). The maximum Gasteiger partial charge on any atom is 0.306 e. The standard InChI is InChI=1S/C11H13BrO3/c1-7(11(13)14)5-8-3-4-9(12)6-10(8)15-2/h3-4,6-7H,5H2,1-2H3,(H,13,14). The minimum atomic E-state index is -0.792. The van der Waals surface area contributed by atoms with E-state index in [9.17, 15) is 4.79 Å². The van der Waals surface area contributed by atoms with Gasteiger partial charge in [-0.2, -0.15) is 0 Å². The number of carboxylic acids is 1. The first-order valence-electron chi connectivity index (χ1n) is 4.59. The molecule has 1 aromatic carbocycles. The highest BCUT2D eigenvalue weighted by atomic mass is 79.9. The molecule has 1 N–H and O–H groups in total. The third-order valence-corrected chi connectivity index (χ3v) is 2.69. The van der Waals surface area contributed by atoms with E-state index in [1.54, 1.807) is 14.0 Å². The van der Waals surface area contributed by atoms with Gasteiger partial charge in [0.2, 0.25) is 0 Å². The van der Waals surface area contributed by atoms with Gasteiger partial charge in [0.05, 0.1) is 13.0 Å². The van der Waals surface area contributed by atoms with Gasteiger partial charge < -0.3 is 9.84 Å². The van der Waals surface area contributed by atoms with Crippen LogP contribution < -0.4 is 4.74 Å². The second-order valence-corrected chi connectivity index (χ2v) is 4.32. The van der Waals surface area contributed by atoms with Crippen LogP contribution in [0, 0.1) is 5.92 Å². The molecule has 0 aliphatic heterocycles. The molecule has 0 spiro atoms. The highest BCUT2D eigenvalue weighted by molar-refractivity contribution is 9.10. The van der Waals surface area contributed by atoms with Crippen LogP contribution in [0.5, 0.6) is 5.75 Å². The van der Waals surface area contributed by atoms with Gasteiger partial charge in [0.1, 0.15) is 5.75 Å². The van der Waals surface area contributed by atoms with E-state index in [-0.39, 0.29) is 0 Å². The monoisotopic (exact) mass is 272 g/mol. The van der Waals surface area contributed by atoms with E-state index in [0.717, 1.165) is 15.8 Å². The van der Waals surface area contributed by atoms with E-state index in [1.165, 1.54) is 0 Å². The maximum atomic E-state index is 10.7. The van der Waals surface area contributed by atoms with Crippen LogP contribution in [0.4, 0.5) is 0 Å². The fourth-order valence-corrected chi connectivity index (χ4v) is 1.64. The van der Waals surface area contributed by atoms with Gasteiger partial charge in [0.15, 0.2) is 0 Å². The molecule has 0 aliphatic rings. The first-order chi connectivity index (χ1) is 7.04. The second-order valence-electron chi connectivity index (χ2n) is 3.40. The van der Waals surface area contributed by atoms with E-state index in [1.807, 2.05) is 18.2 Å². The molecule has 1 aromatic rings. The van der Waals surface area contributed by atoms with E-state index < -0.39 is 11.9 Å². The van der Waals surface area contributed by atoms with Crippen LogP contribution in [0.15, 0.2) is 22.7 Å². The summed E-state index contributed by atoms with van der Waals surface area (Å²) in [7, 11) is 1.58. The van der Waals surface area contributed by atoms with Gasteiger partial charge in [-0.15, -0.1) is 0 Å². The minimum absolute atomic E-state index is 0.403. The number of methoxy groups -OCH3 is 1. The predicted molar refractivity (Wildman–Crippen MR) is 61.2 cm³/mol. The SMILES string of the molecule is COc1cc(Br)ccc1CC(C)C(=O)O. The second kappa shape index (κ2) is 5.16. The molecule has 0 saturated heterocycles. The number of carbonyl (C=O) groups is 1. The summed E-state index contributed by atoms with van der Waals surface area (Å²) in [6.45, 7) is 1.68. The summed E-state index contributed by atoms with van der Waals surface area (Å²) >= 11 is 3.34. The van der Waals surface area contributed by atoms with Crippen molar-refractivity contribution >= 4 is 21.9 Å². The molecule has 0 heterocycles. The average molecular weight is 273 g/mol. The molecule has 0 fully saturated rings. The van der Waals surface area contributed by atoms with Crippen molar-refractivity contribution in [2.24, 2.45) is 5.92 Å². The largest absolute Gasteiger partial charge is 0.496 e. The van der Waals surface area contributed by atoms with Crippen molar-refractivity contribution in [2.45, 2.75) is 13.3 Å². The van der Waals surface area contributed by atoms with E-state index >= 15 is 0 Å². The van der Waals surface area contributed by atoms with Gasteiger partial charge >= 0.3 is 5.97 Å². The fraction of sp³-hybridized carbons (Fsp3) is 0.364. The number of carboxylic acid groups (broad SMARTS) is 1. The quantitative estimate of drug-likeness (QED) is 0.917. The molecule has 0 aliphatic carbocycles. The van der Waals surface area contributed by atoms with Crippen LogP contribution in [0.2, 0.25) is 0 Å². The number of ether oxygens (including phenoxy) is 1. The zero-order chi connectivity index (χ0) is 11.4. The number of aliphatic carboxylic acids is 1. The molecular formula is C11H13BrO3. The van der Waals surface area contributed by atoms with E-state index in [4.69, 9.17) is 9.84 Å². The van der Waals surface area contributed by atoms with Gasteiger partial charge in [-0.1, -0.05) is 28.9 Å². The predicted octanol–water partition coefficient (Wildman–Crippen LogP) is 2.72. The maximum absolute atomic E-state index is 10.7. The van der Waals surface area contributed by atoms with Gasteiger partial charge in [-0.3, -0.25) is 4.79 Å². The molecule has 82 valence electrons. The number of halogens is 1. The van der Waals surface area contributed by atoms with Gasteiger partial charge in [-0.25, -0.2) is 0 Å². The Balaban J connectivity index is 2.89. The minimum Gasteiger partial charge on any atom is -0.496 e. The molecule has 0 bridgehead atoms. The highest BCUT2D eigenvalue weighted by Gasteiger charge is 2.14. The number of rotatable bonds is 4. The van der Waals surface area contributed by atoms with Crippen molar-refractivity contribution in [3.05, 3.63) is 28.2 Å². The third kappa shape index (κ3) is 3.23. The molecular weight excluding hydrogens is 260 g/mol. The molecule has 15 heavy (non-hydrogen) atoms. The number of benzene rings is 1. The Morgan fingerprint density at radius 1 is 1.60 bits per heavy atom. The lowest BCUT2D eigenvalue weighted by Gasteiger charge is -2.11. The lowest BCUT2D eigenvalue weighted by molar-refractivity contribution is -0.141. The van der Waals surface area contributed by atoms with E-state index in [2.05, 4.69) is 15.9 Å². The first-order valence-corrected chi connectivity index (χ1v) is 5.39. The Kier molecular flexibility index (Phi) is 4.15. The number of hydrogen-bond donors (Lipinski definition) is 1. The van der Waals surface area contributed by atoms with Gasteiger partial charge in [0, 0.05) is 4.47 Å². The average Bonchev–Trinajstić information content (AvgIpc) is 2.20. The summed E-state index contributed by atoms with van der Waals surface area (Å²) in [6, 6.07) is 5.60. The Morgan fingerprint density at radius 3 is 2.80 bits per heavy atom. The van der Waals surface area contributed by atoms with Gasteiger partial charge in [-0.05, 0) is 24.1 Å². The Morgan fingerprint density at radius 2 is 2.27 bits per heavy atom. The Labute approximate surface area is 97.2 Å². The van der Waals surface area contributed by atoms with Crippen LogP contribution >= 0.6 is 15.9 Å². The fourth-order valence-electron chi connectivity index (χ4n) is 1.30. The molecule has 0 aromatic heterocycles. The first kappa shape index (κ1) is 12.0. The van der Waals surface area contributed by atoms with Crippen molar-refractivity contribution in [1.82, 2.24) is 0 Å². The van der Waals surface area contributed by atoms with Crippen molar-refractivity contribution in [2.75, 3.05) is 7.11 Å². The van der Waals surface area contributed by atoms with E-state index in [0.29, 0.717) is 6.42 Å². The molecule has 1 unspecified atom stereocenters. The summed E-state index contributed by atoms with van der Waals surface area (Å²) in [5.41, 5.74) is 0.913. The van der Waals surface area contributed by atoms with Crippen molar-refractivity contribution in [3.63, 3.8) is 0 Å². The summed E-state index contributed by atoms with van der Waals surface area (Å²) in [5, 5.41) is 8.81. The van der Waals surface area contributed by atoms with Crippen LogP contribution in [-0.2, 0) is 11.2 Å². The number of hydrogen-bond acceptors (Lipinski definition) is 2. The van der Waals surface area contributed by atoms with Crippen LogP contribution in [0.3, 0.4) is 0 Å². The third-order valence-electron chi connectivity index (χ3n) is 2.20. The van der Waals surface area contributed by atoms with Crippen LogP contribution in [-0.4, -0.2) is 18.2 Å². The van der Waals surface area contributed by atoms with Crippen LogP contribution in [0.1, 0.15) is 12.5 Å². The van der Waals surface area contributed by atoms with Crippen LogP contribution in [0.25, 0.3) is 0 Å². The molecule has 4 heteroatoms. The van der Waals surface area contributed by atoms with Crippen molar-refractivity contribution in [1.29, 1.82) is 0 Å². The Hall–Kier alpha value is -1.03. The summed E-state index contributed by atoms with van der Waals surface area (Å²) in [4.78, 5) is 10.7.